The second-order valence-electron chi connectivity index (χ2n) is 4.66. The molecule has 0 fully saturated rings. The van der Waals surface area contributed by atoms with Crippen LogP contribution in [0.3, 0.4) is 0 Å². The molecule has 0 aliphatic heterocycles. The minimum Gasteiger partial charge on any atom is -0.493 e. The van der Waals surface area contributed by atoms with E-state index in [2.05, 4.69) is 4.72 Å². The quantitative estimate of drug-likeness (QED) is 0.906. The van der Waals surface area contributed by atoms with Crippen molar-refractivity contribution in [1.29, 1.82) is 0 Å². The molecule has 2 aromatic carbocycles. The van der Waals surface area contributed by atoms with Gasteiger partial charge in [0.2, 0.25) is 0 Å². The number of anilines is 1. The second kappa shape index (κ2) is 6.41. The van der Waals surface area contributed by atoms with E-state index >= 15 is 0 Å². The van der Waals surface area contributed by atoms with E-state index in [1.54, 1.807) is 0 Å². The zero-order valence-electron chi connectivity index (χ0n) is 12.7. The number of benzene rings is 2. The molecule has 0 atom stereocenters. The molecule has 0 aromatic heterocycles. The van der Waals surface area contributed by atoms with E-state index in [1.807, 2.05) is 0 Å². The van der Waals surface area contributed by atoms with Crippen molar-refractivity contribution >= 4 is 15.7 Å². The Balaban J connectivity index is 2.42. The summed E-state index contributed by atoms with van der Waals surface area (Å²) >= 11 is 0. The molecule has 0 radical (unpaired) electrons. The number of hydrogen-bond acceptors (Lipinski definition) is 4. The second-order valence-corrected chi connectivity index (χ2v) is 6.34. The summed E-state index contributed by atoms with van der Waals surface area (Å²) in [6, 6.07) is 5.97. The number of ether oxygens (including phenoxy) is 2. The number of rotatable bonds is 5. The van der Waals surface area contributed by atoms with Gasteiger partial charge in [-0.25, -0.2) is 17.2 Å². The van der Waals surface area contributed by atoms with Gasteiger partial charge in [-0.2, -0.15) is 0 Å². The highest BCUT2D eigenvalue weighted by molar-refractivity contribution is 7.92. The van der Waals surface area contributed by atoms with Crippen molar-refractivity contribution in [3.05, 3.63) is 47.5 Å². The average molecular weight is 343 g/mol. The van der Waals surface area contributed by atoms with Crippen LogP contribution in [-0.4, -0.2) is 22.6 Å². The molecular weight excluding hydrogens is 328 g/mol. The Morgan fingerprint density at radius 3 is 2.26 bits per heavy atom. The van der Waals surface area contributed by atoms with Gasteiger partial charge in [0.25, 0.3) is 10.0 Å². The van der Waals surface area contributed by atoms with E-state index in [0.29, 0.717) is 5.75 Å². The van der Waals surface area contributed by atoms with Crippen LogP contribution in [0.15, 0.2) is 35.2 Å². The minimum atomic E-state index is -4.07. The molecule has 2 rings (SSSR count). The summed E-state index contributed by atoms with van der Waals surface area (Å²) < 4.78 is 64.1. The Labute approximate surface area is 132 Å². The largest absolute Gasteiger partial charge is 0.493 e. The highest BCUT2D eigenvalue weighted by atomic mass is 32.2. The maximum Gasteiger partial charge on any atom is 0.262 e. The third kappa shape index (κ3) is 3.37. The molecule has 5 nitrogen and oxygen atoms in total. The van der Waals surface area contributed by atoms with Crippen molar-refractivity contribution in [3.63, 3.8) is 0 Å². The van der Waals surface area contributed by atoms with E-state index < -0.39 is 21.7 Å². The zero-order valence-corrected chi connectivity index (χ0v) is 13.5. The van der Waals surface area contributed by atoms with Gasteiger partial charge in [-0.05, 0) is 31.2 Å². The summed E-state index contributed by atoms with van der Waals surface area (Å²) in [6.07, 6.45) is 0. The summed E-state index contributed by atoms with van der Waals surface area (Å²) in [5.74, 6) is -1.15. The normalized spacial score (nSPS) is 11.2. The molecule has 0 amide bonds. The summed E-state index contributed by atoms with van der Waals surface area (Å²) in [6.45, 7) is 1.22. The van der Waals surface area contributed by atoms with Gasteiger partial charge < -0.3 is 9.47 Å². The summed E-state index contributed by atoms with van der Waals surface area (Å²) in [4.78, 5) is -0.142. The molecular formula is C15H15F2NO4S. The summed E-state index contributed by atoms with van der Waals surface area (Å²) in [5.41, 5.74) is -0.601. The van der Waals surface area contributed by atoms with Crippen molar-refractivity contribution in [2.45, 2.75) is 11.8 Å². The zero-order chi connectivity index (χ0) is 17.2. The van der Waals surface area contributed by atoms with Crippen molar-refractivity contribution in [2.75, 3.05) is 18.9 Å². The molecule has 1 N–H and O–H groups in total. The lowest BCUT2D eigenvalue weighted by atomic mass is 10.2. The molecule has 23 heavy (non-hydrogen) atoms. The molecule has 0 bridgehead atoms. The third-order valence-corrected chi connectivity index (χ3v) is 4.59. The predicted octanol–water partition coefficient (Wildman–Crippen LogP) is 3.09. The highest BCUT2D eigenvalue weighted by Crippen LogP contribution is 2.30. The van der Waals surface area contributed by atoms with Crippen molar-refractivity contribution in [2.24, 2.45) is 0 Å². The predicted molar refractivity (Wildman–Crippen MR) is 81.4 cm³/mol. The van der Waals surface area contributed by atoms with Gasteiger partial charge in [-0.3, -0.25) is 4.72 Å². The fraction of sp³-hybridized carbons (Fsp3) is 0.200. The number of halogens is 2. The number of nitrogens with one attached hydrogen (secondary N) is 1. The van der Waals surface area contributed by atoms with E-state index in [0.717, 1.165) is 12.1 Å². The number of methoxy groups -OCH3 is 2. The van der Waals surface area contributed by atoms with Gasteiger partial charge in [0.05, 0.1) is 24.8 Å². The van der Waals surface area contributed by atoms with E-state index in [-0.39, 0.29) is 21.9 Å². The van der Waals surface area contributed by atoms with Crippen molar-refractivity contribution in [3.8, 4) is 11.5 Å². The first kappa shape index (κ1) is 17.0. The van der Waals surface area contributed by atoms with Gasteiger partial charge >= 0.3 is 0 Å². The number of hydrogen-bond donors (Lipinski definition) is 1. The molecule has 0 heterocycles. The van der Waals surface area contributed by atoms with E-state index in [9.17, 15) is 17.2 Å². The average Bonchev–Trinajstić information content (AvgIpc) is 2.54. The fourth-order valence-electron chi connectivity index (χ4n) is 1.93. The van der Waals surface area contributed by atoms with Gasteiger partial charge in [0.15, 0.2) is 17.3 Å². The smallest absolute Gasteiger partial charge is 0.262 e. The van der Waals surface area contributed by atoms with Gasteiger partial charge in [-0.15, -0.1) is 0 Å². The minimum absolute atomic E-state index is 0.142. The highest BCUT2D eigenvalue weighted by Gasteiger charge is 2.20. The van der Waals surface area contributed by atoms with Crippen LogP contribution < -0.4 is 14.2 Å². The summed E-state index contributed by atoms with van der Waals surface area (Å²) in [5, 5.41) is 0. The van der Waals surface area contributed by atoms with Crippen LogP contribution in [0.2, 0.25) is 0 Å². The van der Waals surface area contributed by atoms with E-state index in [4.69, 9.17) is 9.47 Å². The van der Waals surface area contributed by atoms with Crippen LogP contribution in [0.1, 0.15) is 5.56 Å². The van der Waals surface area contributed by atoms with Crippen LogP contribution in [0.4, 0.5) is 14.5 Å². The topological polar surface area (TPSA) is 64.6 Å². The third-order valence-electron chi connectivity index (χ3n) is 3.23. The summed E-state index contributed by atoms with van der Waals surface area (Å²) in [7, 11) is -1.29. The SMILES string of the molecule is COc1ccc(S(=O)(=O)Nc2ccc(F)c(C)c2F)cc1OC. The van der Waals surface area contributed by atoms with Crippen molar-refractivity contribution < 1.29 is 26.7 Å². The first-order valence-corrected chi connectivity index (χ1v) is 7.98. The van der Waals surface area contributed by atoms with Gasteiger partial charge in [0, 0.05) is 11.6 Å². The van der Waals surface area contributed by atoms with Crippen LogP contribution in [0, 0.1) is 18.6 Å². The Hall–Kier alpha value is -2.35. The fourth-order valence-corrected chi connectivity index (χ4v) is 3.00. The molecule has 0 saturated carbocycles. The standard InChI is InChI=1S/C15H15F2NO4S/c1-9-11(16)5-6-12(15(9)17)18-23(19,20)10-4-7-13(21-2)14(8-10)22-3/h4-8,18H,1-3H3. The van der Waals surface area contributed by atoms with Crippen LogP contribution >= 0.6 is 0 Å². The Bertz CT molecular complexity index is 838. The lowest BCUT2D eigenvalue weighted by Gasteiger charge is -2.13. The molecule has 2 aromatic rings. The van der Waals surface area contributed by atoms with Crippen LogP contribution in [0.5, 0.6) is 11.5 Å². The maximum absolute atomic E-state index is 14.0. The molecule has 8 heteroatoms. The molecule has 124 valence electrons. The first-order valence-electron chi connectivity index (χ1n) is 6.49. The monoisotopic (exact) mass is 343 g/mol. The number of sulfonamides is 1. The Kier molecular flexibility index (Phi) is 4.74. The molecule has 0 spiro atoms. The maximum atomic E-state index is 14.0. The molecule has 0 unspecified atom stereocenters. The molecule has 0 saturated heterocycles. The lowest BCUT2D eigenvalue weighted by molar-refractivity contribution is 0.354. The first-order chi connectivity index (χ1) is 10.8. The van der Waals surface area contributed by atoms with Crippen LogP contribution in [0.25, 0.3) is 0 Å². The lowest BCUT2D eigenvalue weighted by Crippen LogP contribution is -2.14. The van der Waals surface area contributed by atoms with Gasteiger partial charge in [-0.1, -0.05) is 0 Å². The molecule has 0 aliphatic rings. The van der Waals surface area contributed by atoms with Gasteiger partial charge in [0.1, 0.15) is 5.82 Å². The van der Waals surface area contributed by atoms with Crippen molar-refractivity contribution in [1.82, 2.24) is 0 Å². The Morgan fingerprint density at radius 1 is 1.00 bits per heavy atom. The van der Waals surface area contributed by atoms with Crippen LogP contribution in [-0.2, 0) is 10.0 Å². The van der Waals surface area contributed by atoms with E-state index in [1.165, 1.54) is 39.3 Å². The molecule has 0 aliphatic carbocycles. The Morgan fingerprint density at radius 2 is 1.65 bits per heavy atom.